The van der Waals surface area contributed by atoms with Crippen molar-refractivity contribution in [2.45, 2.75) is 25.3 Å². The molecule has 0 aromatic heterocycles. The lowest BCUT2D eigenvalue weighted by atomic mass is 10.0. The maximum absolute atomic E-state index is 13.2. The zero-order valence-corrected chi connectivity index (χ0v) is 18.1. The number of hydrogen-bond donors (Lipinski definition) is 2. The molecule has 0 fully saturated rings. The number of nitrogens with zero attached hydrogens (tertiary/aromatic N) is 3. The first-order valence-corrected chi connectivity index (χ1v) is 11.1. The molecule has 0 saturated heterocycles. The van der Waals surface area contributed by atoms with E-state index < -0.39 is 6.03 Å². The zero-order valence-electron chi connectivity index (χ0n) is 18.1. The molecule has 1 atom stereocenters. The largest absolute Gasteiger partial charge is 0.351 e. The van der Waals surface area contributed by atoms with Crippen molar-refractivity contribution in [3.63, 3.8) is 0 Å². The molecule has 7 nitrogen and oxygen atoms in total. The molecule has 0 bridgehead atoms. The van der Waals surface area contributed by atoms with Crippen molar-refractivity contribution in [3.05, 3.63) is 90.0 Å². The van der Waals surface area contributed by atoms with Gasteiger partial charge in [0.2, 0.25) is 0 Å². The van der Waals surface area contributed by atoms with Crippen molar-refractivity contribution in [1.82, 2.24) is 0 Å². The number of carbonyl (C=O) groups excluding carboxylic acids is 2. The van der Waals surface area contributed by atoms with Crippen molar-refractivity contribution >= 4 is 34.7 Å². The molecular weight excluding hydrogens is 414 g/mol. The summed E-state index contributed by atoms with van der Waals surface area (Å²) in [6.45, 7) is 0.581. The minimum Gasteiger partial charge on any atom is -0.351 e. The number of hydrazone groups is 1. The van der Waals surface area contributed by atoms with Gasteiger partial charge in [-0.3, -0.25) is 14.7 Å². The predicted molar refractivity (Wildman–Crippen MR) is 130 cm³/mol. The van der Waals surface area contributed by atoms with Gasteiger partial charge in [-0.1, -0.05) is 54.6 Å². The van der Waals surface area contributed by atoms with E-state index in [4.69, 9.17) is 10.8 Å². The lowest BCUT2D eigenvalue weighted by Crippen LogP contribution is -2.39. The molecule has 0 spiro atoms. The third-order valence-electron chi connectivity index (χ3n) is 6.11. The fourth-order valence-corrected chi connectivity index (χ4v) is 4.49. The van der Waals surface area contributed by atoms with Crippen LogP contribution in [-0.2, 0) is 11.2 Å². The highest BCUT2D eigenvalue weighted by molar-refractivity contribution is 6.43. The predicted octanol–water partition coefficient (Wildman–Crippen LogP) is 4.46. The van der Waals surface area contributed by atoms with Crippen LogP contribution in [0.15, 0.2) is 84.0 Å². The van der Waals surface area contributed by atoms with Gasteiger partial charge in [-0.2, -0.15) is 5.10 Å². The summed E-state index contributed by atoms with van der Waals surface area (Å²) in [4.78, 5) is 26.6. The summed E-state index contributed by atoms with van der Waals surface area (Å²) in [5.74, 6) is -0.254. The van der Waals surface area contributed by atoms with Crippen molar-refractivity contribution in [2.75, 3.05) is 21.8 Å². The van der Waals surface area contributed by atoms with Gasteiger partial charge in [0, 0.05) is 18.7 Å². The van der Waals surface area contributed by atoms with Gasteiger partial charge in [-0.25, -0.2) is 4.79 Å². The van der Waals surface area contributed by atoms with Crippen LogP contribution in [0.3, 0.4) is 0 Å². The van der Waals surface area contributed by atoms with Crippen molar-refractivity contribution in [2.24, 2.45) is 10.8 Å². The molecule has 3 aromatic rings. The monoisotopic (exact) mass is 439 g/mol. The van der Waals surface area contributed by atoms with Crippen molar-refractivity contribution in [3.8, 4) is 0 Å². The Morgan fingerprint density at radius 3 is 2.42 bits per heavy atom. The molecule has 0 saturated carbocycles. The molecule has 1 unspecified atom stereocenters. The number of urea groups is 1. The highest BCUT2D eigenvalue weighted by Crippen LogP contribution is 2.35. The number of aryl methyl sites for hydroxylation is 1. The summed E-state index contributed by atoms with van der Waals surface area (Å²) in [5.41, 5.74) is 10.5. The van der Waals surface area contributed by atoms with Crippen molar-refractivity contribution < 1.29 is 9.59 Å². The number of para-hydroxylation sites is 1. The average molecular weight is 440 g/mol. The number of hydrogen-bond acceptors (Lipinski definition) is 4. The maximum Gasteiger partial charge on any atom is 0.319 e. The van der Waals surface area contributed by atoms with Crippen LogP contribution in [0, 0.1) is 0 Å². The maximum atomic E-state index is 13.2. The van der Waals surface area contributed by atoms with E-state index in [1.807, 2.05) is 71.7 Å². The lowest BCUT2D eigenvalue weighted by Gasteiger charge is -2.28. The first-order valence-electron chi connectivity index (χ1n) is 11.1. The van der Waals surface area contributed by atoms with Crippen LogP contribution in [-0.4, -0.2) is 24.2 Å². The molecule has 2 aliphatic heterocycles. The Morgan fingerprint density at radius 2 is 1.70 bits per heavy atom. The summed E-state index contributed by atoms with van der Waals surface area (Å²) in [5, 5.41) is 9.57. The van der Waals surface area contributed by atoms with Crippen molar-refractivity contribution in [1.29, 1.82) is 0 Å². The topological polar surface area (TPSA) is 91.0 Å². The van der Waals surface area contributed by atoms with Gasteiger partial charge in [0.15, 0.2) is 0 Å². The SMILES string of the molecule is NC(=O)N1CCCc2ccc(NC(=O)C3=NN(c4ccccc4)C(c4ccccc4)C3)cc21. The van der Waals surface area contributed by atoms with E-state index in [2.05, 4.69) is 17.4 Å². The van der Waals surface area contributed by atoms with Gasteiger partial charge in [0.25, 0.3) is 5.91 Å². The first kappa shape index (κ1) is 20.8. The normalized spacial score (nSPS) is 17.3. The number of amides is 3. The summed E-state index contributed by atoms with van der Waals surface area (Å²) in [7, 11) is 0. The molecule has 33 heavy (non-hydrogen) atoms. The summed E-state index contributed by atoms with van der Waals surface area (Å²) in [6, 6.07) is 25.0. The number of carbonyl (C=O) groups is 2. The van der Waals surface area contributed by atoms with E-state index in [1.54, 1.807) is 4.90 Å². The van der Waals surface area contributed by atoms with Crippen LogP contribution in [0.4, 0.5) is 21.9 Å². The number of anilines is 3. The summed E-state index contributed by atoms with van der Waals surface area (Å²) < 4.78 is 0. The second kappa shape index (κ2) is 8.78. The quantitative estimate of drug-likeness (QED) is 0.629. The summed E-state index contributed by atoms with van der Waals surface area (Å²) in [6.07, 6.45) is 2.24. The number of benzene rings is 3. The van der Waals surface area contributed by atoms with Gasteiger partial charge in [-0.05, 0) is 48.2 Å². The van der Waals surface area contributed by atoms with Gasteiger partial charge in [-0.15, -0.1) is 0 Å². The Kier molecular flexibility index (Phi) is 5.52. The Morgan fingerprint density at radius 1 is 0.970 bits per heavy atom. The summed E-state index contributed by atoms with van der Waals surface area (Å²) >= 11 is 0. The molecule has 0 radical (unpaired) electrons. The zero-order chi connectivity index (χ0) is 22.8. The van der Waals surface area contributed by atoms with Gasteiger partial charge in [0.05, 0.1) is 17.4 Å². The standard InChI is InChI=1S/C26H25N5O2/c27-26(33)30-15-7-10-19-13-14-20(16-23(19)30)28-25(32)22-17-24(18-8-3-1-4-9-18)31(29-22)21-11-5-2-6-12-21/h1-6,8-9,11-14,16,24H,7,10,15,17H2,(H2,27,33)(H,28,32). The molecule has 2 aliphatic rings. The number of nitrogens with two attached hydrogens (primary N) is 1. The number of fused-ring (bicyclic) bond motifs is 1. The minimum atomic E-state index is -0.483. The van der Waals surface area contributed by atoms with Crippen LogP contribution in [0.5, 0.6) is 0 Å². The van der Waals surface area contributed by atoms with E-state index in [0.29, 0.717) is 24.4 Å². The van der Waals surface area contributed by atoms with Crippen LogP contribution in [0.1, 0.15) is 30.0 Å². The first-order chi connectivity index (χ1) is 16.1. The molecule has 3 N–H and O–H groups in total. The molecule has 5 rings (SSSR count). The van der Waals surface area contributed by atoms with E-state index >= 15 is 0 Å². The van der Waals surface area contributed by atoms with Crippen LogP contribution in [0.2, 0.25) is 0 Å². The number of primary amides is 1. The second-order valence-electron chi connectivity index (χ2n) is 8.25. The molecule has 166 valence electrons. The van der Waals surface area contributed by atoms with E-state index in [1.165, 1.54) is 0 Å². The van der Waals surface area contributed by atoms with Crippen LogP contribution < -0.4 is 21.0 Å². The highest BCUT2D eigenvalue weighted by atomic mass is 16.2. The fourth-order valence-electron chi connectivity index (χ4n) is 4.49. The Hall–Kier alpha value is -4.13. The van der Waals surface area contributed by atoms with E-state index in [0.717, 1.165) is 35.3 Å². The molecule has 2 heterocycles. The molecular formula is C26H25N5O2. The molecule has 3 aromatic carbocycles. The minimum absolute atomic E-state index is 0.0664. The van der Waals surface area contributed by atoms with Crippen LogP contribution >= 0.6 is 0 Å². The Bertz CT molecular complexity index is 1210. The van der Waals surface area contributed by atoms with E-state index in [-0.39, 0.29) is 11.9 Å². The Labute approximate surface area is 192 Å². The molecule has 7 heteroatoms. The van der Waals surface area contributed by atoms with Gasteiger partial charge in [0.1, 0.15) is 5.71 Å². The molecule has 0 aliphatic carbocycles. The van der Waals surface area contributed by atoms with Crippen LogP contribution in [0.25, 0.3) is 0 Å². The Balaban J connectivity index is 1.41. The van der Waals surface area contributed by atoms with E-state index in [9.17, 15) is 9.59 Å². The second-order valence-corrected chi connectivity index (χ2v) is 8.25. The number of rotatable bonds is 4. The average Bonchev–Trinajstić information content (AvgIpc) is 3.30. The van der Waals surface area contributed by atoms with Gasteiger partial charge >= 0.3 is 6.03 Å². The lowest BCUT2D eigenvalue weighted by molar-refractivity contribution is -0.110. The fraction of sp³-hybridized carbons (Fsp3) is 0.192. The third-order valence-corrected chi connectivity index (χ3v) is 6.11. The number of nitrogens with one attached hydrogen (secondary N) is 1. The smallest absolute Gasteiger partial charge is 0.319 e. The van der Waals surface area contributed by atoms with Gasteiger partial charge < -0.3 is 11.1 Å². The molecule has 3 amide bonds. The third kappa shape index (κ3) is 4.17. The highest BCUT2D eigenvalue weighted by Gasteiger charge is 2.32.